The third-order valence-electron chi connectivity index (χ3n) is 6.39. The lowest BCUT2D eigenvalue weighted by Crippen LogP contribution is -2.54. The summed E-state index contributed by atoms with van der Waals surface area (Å²) < 4.78 is 8.73. The zero-order chi connectivity index (χ0) is 19.1. The molecule has 1 spiro atoms. The first-order chi connectivity index (χ1) is 13.6. The van der Waals surface area contributed by atoms with Gasteiger partial charge in [0.05, 0.1) is 6.54 Å². The van der Waals surface area contributed by atoms with Crippen LogP contribution in [-0.4, -0.2) is 57.5 Å². The fraction of sp³-hybridized carbons (Fsp3) is 0.619. The van der Waals surface area contributed by atoms with Crippen LogP contribution >= 0.6 is 11.3 Å². The van der Waals surface area contributed by atoms with E-state index >= 15 is 0 Å². The number of carbonyl (C=O) groups excluding carboxylic acids is 1. The molecule has 0 radical (unpaired) electrons. The minimum atomic E-state index is -0.427. The first-order valence-electron chi connectivity index (χ1n) is 10.4. The zero-order valence-electron chi connectivity index (χ0n) is 16.5. The van der Waals surface area contributed by atoms with Crippen molar-refractivity contribution in [2.75, 3.05) is 26.2 Å². The molecule has 0 aromatic carbocycles. The minimum absolute atomic E-state index is 0.160. The van der Waals surface area contributed by atoms with Crippen LogP contribution in [0.2, 0.25) is 0 Å². The number of rotatable bonds is 3. The number of carbonyl (C=O) groups is 1. The fourth-order valence-corrected chi connectivity index (χ4v) is 5.80. The molecule has 5 rings (SSSR count). The molecule has 0 saturated carbocycles. The maximum Gasteiger partial charge on any atom is 0.253 e. The lowest BCUT2D eigenvalue weighted by atomic mass is 9.88. The van der Waals surface area contributed by atoms with Crippen LogP contribution in [-0.2, 0) is 28.2 Å². The normalized spacial score (nSPS) is 24.6. The Balaban J connectivity index is 1.31. The SMILES string of the molecule is Cc1ccc(CN2CCC3(CC2)O[C@H](C(=O)N2CCCC2)Cn2ccnc23)s1. The van der Waals surface area contributed by atoms with Gasteiger partial charge in [0.25, 0.3) is 5.91 Å². The number of aromatic nitrogens is 2. The molecule has 28 heavy (non-hydrogen) atoms. The molecule has 2 aromatic rings. The van der Waals surface area contributed by atoms with Gasteiger partial charge in [0.2, 0.25) is 0 Å². The standard InChI is InChI=1S/C21H28N4O2S/c1-16-4-5-17(28-16)14-23-11-6-21(7-12-23)20-22-8-13-25(20)15-18(27-21)19(26)24-9-2-3-10-24/h4-5,8,13,18H,2-3,6-7,9-12,14-15H2,1H3/t18-/m0/s1. The maximum absolute atomic E-state index is 13.0. The molecule has 150 valence electrons. The Kier molecular flexibility index (Phi) is 4.77. The van der Waals surface area contributed by atoms with E-state index in [2.05, 4.69) is 33.5 Å². The number of aryl methyl sites for hydroxylation is 1. The molecule has 3 aliphatic heterocycles. The van der Waals surface area contributed by atoms with E-state index in [0.29, 0.717) is 6.54 Å². The van der Waals surface area contributed by atoms with Crippen molar-refractivity contribution < 1.29 is 9.53 Å². The Labute approximate surface area is 170 Å². The van der Waals surface area contributed by atoms with Crippen LogP contribution in [0, 0.1) is 6.92 Å². The molecule has 1 amide bonds. The molecule has 2 aromatic heterocycles. The van der Waals surface area contributed by atoms with Gasteiger partial charge in [-0.3, -0.25) is 9.69 Å². The summed E-state index contributed by atoms with van der Waals surface area (Å²) in [5, 5.41) is 0. The van der Waals surface area contributed by atoms with Crippen molar-refractivity contribution >= 4 is 17.2 Å². The second-order valence-corrected chi connectivity index (χ2v) is 9.70. The highest BCUT2D eigenvalue weighted by Gasteiger charge is 2.47. The van der Waals surface area contributed by atoms with Crippen LogP contribution < -0.4 is 0 Å². The van der Waals surface area contributed by atoms with E-state index in [4.69, 9.17) is 4.74 Å². The van der Waals surface area contributed by atoms with Crippen LogP contribution in [0.15, 0.2) is 24.5 Å². The van der Waals surface area contributed by atoms with E-state index in [1.807, 2.05) is 28.6 Å². The second kappa shape index (κ2) is 7.28. The molecule has 5 heterocycles. The maximum atomic E-state index is 13.0. The summed E-state index contributed by atoms with van der Waals surface area (Å²) in [4.78, 5) is 24.9. The second-order valence-electron chi connectivity index (χ2n) is 8.32. The van der Waals surface area contributed by atoms with Gasteiger partial charge >= 0.3 is 0 Å². The summed E-state index contributed by atoms with van der Waals surface area (Å²) >= 11 is 1.88. The molecule has 3 aliphatic rings. The molecule has 2 fully saturated rings. The Hall–Kier alpha value is -1.70. The molecule has 2 saturated heterocycles. The predicted molar refractivity (Wildman–Crippen MR) is 108 cm³/mol. The number of nitrogens with zero attached hydrogens (tertiary/aromatic N) is 4. The Bertz CT molecular complexity index is 846. The predicted octanol–water partition coefficient (Wildman–Crippen LogP) is 2.77. The Morgan fingerprint density at radius 3 is 2.75 bits per heavy atom. The molecular formula is C21H28N4O2S. The number of hydrogen-bond donors (Lipinski definition) is 0. The minimum Gasteiger partial charge on any atom is -0.352 e. The van der Waals surface area contributed by atoms with E-state index in [0.717, 1.165) is 64.2 Å². The molecule has 6 nitrogen and oxygen atoms in total. The third-order valence-corrected chi connectivity index (χ3v) is 7.37. The van der Waals surface area contributed by atoms with Crippen molar-refractivity contribution in [3.8, 4) is 0 Å². The molecule has 0 aliphatic carbocycles. The van der Waals surface area contributed by atoms with Crippen LogP contribution in [0.25, 0.3) is 0 Å². The largest absolute Gasteiger partial charge is 0.352 e. The van der Waals surface area contributed by atoms with Crippen molar-refractivity contribution in [1.29, 1.82) is 0 Å². The summed E-state index contributed by atoms with van der Waals surface area (Å²) in [7, 11) is 0. The number of imidazole rings is 1. The van der Waals surface area contributed by atoms with E-state index in [1.165, 1.54) is 9.75 Å². The highest BCUT2D eigenvalue weighted by Crippen LogP contribution is 2.41. The number of amides is 1. The summed E-state index contributed by atoms with van der Waals surface area (Å²) in [6, 6.07) is 4.43. The summed E-state index contributed by atoms with van der Waals surface area (Å²) in [5.41, 5.74) is -0.427. The van der Waals surface area contributed by atoms with Crippen LogP contribution in [0.4, 0.5) is 0 Å². The molecular weight excluding hydrogens is 372 g/mol. The average molecular weight is 401 g/mol. The van der Waals surface area contributed by atoms with Crippen molar-refractivity contribution in [3.05, 3.63) is 40.1 Å². The highest BCUT2D eigenvalue weighted by atomic mass is 32.1. The molecule has 1 atom stereocenters. The van der Waals surface area contributed by atoms with Gasteiger partial charge in [0, 0.05) is 54.9 Å². The quantitative estimate of drug-likeness (QED) is 0.795. The van der Waals surface area contributed by atoms with Crippen molar-refractivity contribution in [2.24, 2.45) is 0 Å². The van der Waals surface area contributed by atoms with Gasteiger partial charge in [0.1, 0.15) is 11.4 Å². The van der Waals surface area contributed by atoms with Crippen molar-refractivity contribution in [1.82, 2.24) is 19.4 Å². The van der Waals surface area contributed by atoms with Crippen LogP contribution in [0.1, 0.15) is 41.3 Å². The van der Waals surface area contributed by atoms with E-state index in [1.54, 1.807) is 0 Å². The monoisotopic (exact) mass is 400 g/mol. The van der Waals surface area contributed by atoms with Gasteiger partial charge in [-0.15, -0.1) is 11.3 Å². The lowest BCUT2D eigenvalue weighted by molar-refractivity contribution is -0.180. The first-order valence-corrected chi connectivity index (χ1v) is 11.2. The fourth-order valence-electron chi connectivity index (χ4n) is 4.87. The van der Waals surface area contributed by atoms with Gasteiger partial charge in [-0.25, -0.2) is 4.98 Å². The third kappa shape index (κ3) is 3.29. The Morgan fingerprint density at radius 1 is 1.25 bits per heavy atom. The van der Waals surface area contributed by atoms with E-state index in [9.17, 15) is 4.79 Å². The number of likely N-dealkylation sites (tertiary alicyclic amines) is 2. The molecule has 0 N–H and O–H groups in total. The highest BCUT2D eigenvalue weighted by molar-refractivity contribution is 7.11. The molecule has 7 heteroatoms. The number of piperidine rings is 1. The van der Waals surface area contributed by atoms with Crippen LogP contribution in [0.5, 0.6) is 0 Å². The Morgan fingerprint density at radius 2 is 2.04 bits per heavy atom. The van der Waals surface area contributed by atoms with Crippen LogP contribution in [0.3, 0.4) is 0 Å². The number of fused-ring (bicyclic) bond motifs is 2. The number of hydrogen-bond acceptors (Lipinski definition) is 5. The number of thiophene rings is 1. The molecule has 0 unspecified atom stereocenters. The van der Waals surface area contributed by atoms with Gasteiger partial charge in [0.15, 0.2) is 6.10 Å². The van der Waals surface area contributed by atoms with Crippen molar-refractivity contribution in [2.45, 2.75) is 57.4 Å². The average Bonchev–Trinajstić information content (AvgIpc) is 3.45. The summed E-state index contributed by atoms with van der Waals surface area (Å²) in [6.07, 6.45) is 7.46. The van der Waals surface area contributed by atoms with Gasteiger partial charge in [-0.1, -0.05) is 0 Å². The first kappa shape index (κ1) is 18.3. The lowest BCUT2D eigenvalue weighted by Gasteiger charge is -2.46. The zero-order valence-corrected chi connectivity index (χ0v) is 17.3. The van der Waals surface area contributed by atoms with E-state index < -0.39 is 5.60 Å². The van der Waals surface area contributed by atoms with Gasteiger partial charge in [-0.05, 0) is 44.7 Å². The summed E-state index contributed by atoms with van der Waals surface area (Å²) in [6.45, 7) is 7.42. The summed E-state index contributed by atoms with van der Waals surface area (Å²) in [5.74, 6) is 1.16. The van der Waals surface area contributed by atoms with Crippen molar-refractivity contribution in [3.63, 3.8) is 0 Å². The van der Waals surface area contributed by atoms with E-state index in [-0.39, 0.29) is 12.0 Å². The van der Waals surface area contributed by atoms with Gasteiger partial charge in [-0.2, -0.15) is 0 Å². The smallest absolute Gasteiger partial charge is 0.253 e. The molecule has 0 bridgehead atoms. The number of ether oxygens (including phenoxy) is 1. The van der Waals surface area contributed by atoms with Gasteiger partial charge < -0.3 is 14.2 Å². The topological polar surface area (TPSA) is 50.6 Å².